The minimum absolute atomic E-state index is 0.669. The van der Waals surface area contributed by atoms with E-state index < -0.39 is 0 Å². The SMILES string of the molecule is CCCCCCCc1ccc(-c2ncc(-c3ccc(OCC[C@@H](C)CCC=C(C)C)cc3)cn2)cc1. The summed E-state index contributed by atoms with van der Waals surface area (Å²) in [7, 11) is 0. The zero-order valence-corrected chi connectivity index (χ0v) is 22.8. The monoisotopic (exact) mass is 484 g/mol. The molecule has 0 radical (unpaired) electrons. The van der Waals surface area contributed by atoms with Crippen LogP contribution in [0.15, 0.2) is 72.6 Å². The van der Waals surface area contributed by atoms with E-state index in [1.807, 2.05) is 24.5 Å². The normalized spacial score (nSPS) is 11.8. The van der Waals surface area contributed by atoms with Crippen LogP contribution in [0.3, 0.4) is 0 Å². The van der Waals surface area contributed by atoms with Crippen molar-refractivity contribution >= 4 is 0 Å². The van der Waals surface area contributed by atoms with Crippen molar-refractivity contribution < 1.29 is 4.74 Å². The van der Waals surface area contributed by atoms with Gasteiger partial charge in [-0.05, 0) is 75.1 Å². The van der Waals surface area contributed by atoms with Gasteiger partial charge in [0.15, 0.2) is 5.82 Å². The van der Waals surface area contributed by atoms with Crippen LogP contribution in [0.5, 0.6) is 5.75 Å². The van der Waals surface area contributed by atoms with Crippen molar-refractivity contribution in [2.75, 3.05) is 6.61 Å². The number of nitrogens with zero attached hydrogens (tertiary/aromatic N) is 2. The third kappa shape index (κ3) is 9.60. The predicted molar refractivity (Wildman–Crippen MR) is 153 cm³/mol. The predicted octanol–water partition coefficient (Wildman–Crippen LogP) is 9.47. The Morgan fingerprint density at radius 3 is 2.14 bits per heavy atom. The first-order chi connectivity index (χ1) is 17.5. The average Bonchev–Trinajstić information content (AvgIpc) is 2.89. The van der Waals surface area contributed by atoms with Crippen molar-refractivity contribution in [3.63, 3.8) is 0 Å². The van der Waals surface area contributed by atoms with E-state index in [9.17, 15) is 0 Å². The number of allylic oxidation sites excluding steroid dienone is 2. The van der Waals surface area contributed by atoms with Crippen molar-refractivity contribution in [3.05, 3.63) is 78.1 Å². The lowest BCUT2D eigenvalue weighted by atomic mass is 10.0. The van der Waals surface area contributed by atoms with Crippen LogP contribution in [-0.4, -0.2) is 16.6 Å². The fraction of sp³-hybridized carbons (Fsp3) is 0.455. The number of rotatable bonds is 15. The maximum Gasteiger partial charge on any atom is 0.159 e. The zero-order chi connectivity index (χ0) is 25.6. The molecule has 0 aliphatic rings. The minimum Gasteiger partial charge on any atom is -0.494 e. The van der Waals surface area contributed by atoms with Crippen LogP contribution in [-0.2, 0) is 6.42 Å². The Kier molecular flexibility index (Phi) is 11.7. The Hall–Kier alpha value is -2.94. The molecule has 0 N–H and O–H groups in total. The molecule has 3 rings (SSSR count). The van der Waals surface area contributed by atoms with E-state index in [1.54, 1.807) is 0 Å². The molecule has 3 heteroatoms. The van der Waals surface area contributed by atoms with Gasteiger partial charge >= 0.3 is 0 Å². The summed E-state index contributed by atoms with van der Waals surface area (Å²) in [6, 6.07) is 17.0. The Morgan fingerprint density at radius 2 is 1.47 bits per heavy atom. The molecule has 0 fully saturated rings. The Morgan fingerprint density at radius 1 is 0.806 bits per heavy atom. The van der Waals surface area contributed by atoms with E-state index in [-0.39, 0.29) is 0 Å². The van der Waals surface area contributed by atoms with Crippen LogP contribution in [0.2, 0.25) is 0 Å². The number of unbranched alkanes of at least 4 members (excludes halogenated alkanes) is 4. The third-order valence-corrected chi connectivity index (χ3v) is 6.71. The third-order valence-electron chi connectivity index (χ3n) is 6.71. The molecule has 1 atom stereocenters. The molecular weight excluding hydrogens is 440 g/mol. The van der Waals surface area contributed by atoms with Crippen molar-refractivity contribution in [2.24, 2.45) is 5.92 Å². The first kappa shape index (κ1) is 27.6. The summed E-state index contributed by atoms with van der Waals surface area (Å²) in [6.07, 6.45) is 17.3. The van der Waals surface area contributed by atoms with Gasteiger partial charge in [0.25, 0.3) is 0 Å². The van der Waals surface area contributed by atoms with Gasteiger partial charge in [-0.2, -0.15) is 0 Å². The van der Waals surface area contributed by atoms with Crippen molar-refractivity contribution in [1.29, 1.82) is 0 Å². The standard InChI is InChI=1S/C33H44N2O/c1-5-6-7-8-9-13-28-14-16-30(17-15-28)33-34-24-31(25-35-33)29-18-20-32(21-19-29)36-23-22-27(4)12-10-11-26(2)3/h11,14-21,24-25,27H,5-10,12-13,22-23H2,1-4H3/t27-/m0/s1. The maximum absolute atomic E-state index is 5.98. The van der Waals surface area contributed by atoms with Gasteiger partial charge in [-0.15, -0.1) is 0 Å². The molecule has 0 unspecified atom stereocenters. The fourth-order valence-electron chi connectivity index (χ4n) is 4.30. The van der Waals surface area contributed by atoms with Crippen LogP contribution in [0.4, 0.5) is 0 Å². The molecular formula is C33H44N2O. The summed E-state index contributed by atoms with van der Waals surface area (Å²) >= 11 is 0. The smallest absolute Gasteiger partial charge is 0.159 e. The minimum atomic E-state index is 0.669. The van der Waals surface area contributed by atoms with E-state index in [0.29, 0.717) is 5.92 Å². The lowest BCUT2D eigenvalue weighted by Gasteiger charge is -2.12. The number of aryl methyl sites for hydroxylation is 1. The molecule has 0 saturated carbocycles. The highest BCUT2D eigenvalue weighted by Crippen LogP contribution is 2.24. The van der Waals surface area contributed by atoms with Gasteiger partial charge in [0.1, 0.15) is 5.75 Å². The quantitative estimate of drug-likeness (QED) is 0.159. The lowest BCUT2D eigenvalue weighted by molar-refractivity contribution is 0.279. The molecule has 0 bridgehead atoms. The Balaban J connectivity index is 1.46. The van der Waals surface area contributed by atoms with Crippen LogP contribution in [0.1, 0.15) is 84.6 Å². The summed E-state index contributed by atoms with van der Waals surface area (Å²) < 4.78 is 5.98. The molecule has 1 heterocycles. The summed E-state index contributed by atoms with van der Waals surface area (Å²) in [5.74, 6) is 2.35. The van der Waals surface area contributed by atoms with E-state index in [1.165, 1.54) is 49.7 Å². The van der Waals surface area contributed by atoms with E-state index >= 15 is 0 Å². The molecule has 3 nitrogen and oxygen atoms in total. The van der Waals surface area contributed by atoms with Crippen molar-refractivity contribution in [1.82, 2.24) is 9.97 Å². The first-order valence-corrected chi connectivity index (χ1v) is 13.8. The van der Waals surface area contributed by atoms with E-state index in [4.69, 9.17) is 4.74 Å². The summed E-state index contributed by atoms with van der Waals surface area (Å²) in [4.78, 5) is 9.26. The summed E-state index contributed by atoms with van der Waals surface area (Å²) in [5, 5.41) is 0. The molecule has 0 saturated heterocycles. The van der Waals surface area contributed by atoms with Gasteiger partial charge in [-0.1, -0.05) is 87.6 Å². The molecule has 2 aromatic carbocycles. The number of ether oxygens (including phenoxy) is 1. The van der Waals surface area contributed by atoms with Gasteiger partial charge in [0.05, 0.1) is 6.61 Å². The van der Waals surface area contributed by atoms with E-state index in [2.05, 4.69) is 80.1 Å². The molecule has 0 spiro atoms. The van der Waals surface area contributed by atoms with Crippen LogP contribution < -0.4 is 4.74 Å². The Labute approximate surface area is 219 Å². The molecule has 1 aromatic heterocycles. The number of hydrogen-bond acceptors (Lipinski definition) is 3. The number of aromatic nitrogens is 2. The molecule has 3 aromatic rings. The van der Waals surface area contributed by atoms with Gasteiger partial charge in [0.2, 0.25) is 0 Å². The first-order valence-electron chi connectivity index (χ1n) is 13.8. The second-order valence-electron chi connectivity index (χ2n) is 10.3. The second kappa shape index (κ2) is 15.2. The molecule has 192 valence electrons. The molecule has 0 aliphatic heterocycles. The van der Waals surface area contributed by atoms with Crippen LogP contribution in [0, 0.1) is 5.92 Å². The van der Waals surface area contributed by atoms with Crippen molar-refractivity contribution in [2.45, 2.75) is 85.5 Å². The van der Waals surface area contributed by atoms with Crippen LogP contribution in [0.25, 0.3) is 22.5 Å². The highest BCUT2D eigenvalue weighted by molar-refractivity contribution is 5.64. The fourth-order valence-corrected chi connectivity index (χ4v) is 4.30. The van der Waals surface area contributed by atoms with Crippen LogP contribution >= 0.6 is 0 Å². The molecule has 0 aliphatic carbocycles. The Bertz CT molecular complexity index is 1030. The van der Waals surface area contributed by atoms with Gasteiger partial charge in [0, 0.05) is 23.5 Å². The lowest BCUT2D eigenvalue weighted by Crippen LogP contribution is -2.04. The second-order valence-corrected chi connectivity index (χ2v) is 10.3. The topological polar surface area (TPSA) is 35.0 Å². The number of benzene rings is 2. The van der Waals surface area contributed by atoms with Gasteiger partial charge in [-0.25, -0.2) is 9.97 Å². The van der Waals surface area contributed by atoms with Gasteiger partial charge in [-0.3, -0.25) is 0 Å². The zero-order valence-electron chi connectivity index (χ0n) is 22.8. The number of hydrogen-bond donors (Lipinski definition) is 0. The summed E-state index contributed by atoms with van der Waals surface area (Å²) in [6.45, 7) is 9.64. The highest BCUT2D eigenvalue weighted by atomic mass is 16.5. The molecule has 36 heavy (non-hydrogen) atoms. The van der Waals surface area contributed by atoms with E-state index in [0.717, 1.165) is 54.1 Å². The molecule has 0 amide bonds. The summed E-state index contributed by atoms with van der Waals surface area (Å²) in [5.41, 5.74) is 5.97. The largest absolute Gasteiger partial charge is 0.494 e. The van der Waals surface area contributed by atoms with Gasteiger partial charge < -0.3 is 4.74 Å². The average molecular weight is 485 g/mol. The van der Waals surface area contributed by atoms with Crippen molar-refractivity contribution in [3.8, 4) is 28.3 Å². The highest BCUT2D eigenvalue weighted by Gasteiger charge is 2.06. The maximum atomic E-state index is 5.98.